The summed E-state index contributed by atoms with van der Waals surface area (Å²) in [5.41, 5.74) is 6.08. The summed E-state index contributed by atoms with van der Waals surface area (Å²) >= 11 is 5.11. The number of halogens is 1. The zero-order valence-electron chi connectivity index (χ0n) is 11.5. The predicted molar refractivity (Wildman–Crippen MR) is 86.6 cm³/mol. The van der Waals surface area contributed by atoms with Gasteiger partial charge in [0.1, 0.15) is 6.10 Å². The Bertz CT molecular complexity index is 556. The molecule has 0 saturated carbocycles. The van der Waals surface area contributed by atoms with Crippen LogP contribution in [0.3, 0.4) is 0 Å². The number of ether oxygens (including phenoxy) is 2. The second-order valence-electron chi connectivity index (χ2n) is 4.42. The monoisotopic (exact) mass is 355 g/mol. The van der Waals surface area contributed by atoms with Crippen LogP contribution >= 0.6 is 27.3 Å². The van der Waals surface area contributed by atoms with Crippen LogP contribution in [0.4, 0.5) is 0 Å². The van der Waals surface area contributed by atoms with Gasteiger partial charge in [0.25, 0.3) is 0 Å². The summed E-state index contributed by atoms with van der Waals surface area (Å²) in [5, 5.41) is 0. The van der Waals surface area contributed by atoms with Crippen molar-refractivity contribution in [3.05, 3.63) is 45.1 Å². The normalized spacial score (nSPS) is 13.8. The zero-order valence-corrected chi connectivity index (χ0v) is 13.9. The smallest absolute Gasteiger partial charge is 0.162 e. The lowest BCUT2D eigenvalue weighted by atomic mass is 10.1. The number of benzene rings is 1. The number of nitrogens with two attached hydrogens (primary N) is 1. The van der Waals surface area contributed by atoms with Crippen LogP contribution in [0, 0.1) is 0 Å². The average Bonchev–Trinajstić information content (AvgIpc) is 2.84. The van der Waals surface area contributed by atoms with E-state index in [1.165, 1.54) is 0 Å². The molecule has 0 aliphatic rings. The van der Waals surface area contributed by atoms with Crippen LogP contribution in [-0.2, 0) is 0 Å². The Hall–Kier alpha value is -1.04. The summed E-state index contributed by atoms with van der Waals surface area (Å²) in [6.45, 7) is 4.51. The minimum absolute atomic E-state index is 0.116. The molecule has 20 heavy (non-hydrogen) atoms. The quantitative estimate of drug-likeness (QED) is 0.836. The van der Waals surface area contributed by atoms with Crippen molar-refractivity contribution in [1.82, 2.24) is 0 Å². The molecule has 1 heterocycles. The third-order valence-corrected chi connectivity index (χ3v) is 4.44. The Kier molecular flexibility index (Phi) is 5.46. The lowest BCUT2D eigenvalue weighted by molar-refractivity contribution is 0.174. The van der Waals surface area contributed by atoms with Gasteiger partial charge in [0.2, 0.25) is 0 Å². The average molecular weight is 356 g/mol. The number of hydrogen-bond donors (Lipinski definition) is 1. The van der Waals surface area contributed by atoms with Gasteiger partial charge in [-0.3, -0.25) is 0 Å². The highest BCUT2D eigenvalue weighted by Gasteiger charge is 2.21. The molecule has 0 amide bonds. The van der Waals surface area contributed by atoms with Gasteiger partial charge in [0.15, 0.2) is 11.5 Å². The maximum absolute atomic E-state index is 6.10. The molecular formula is C15H18BrNO2S. The number of rotatable bonds is 6. The van der Waals surface area contributed by atoms with Gasteiger partial charge in [-0.2, -0.15) is 0 Å². The van der Waals surface area contributed by atoms with Gasteiger partial charge in [-0.25, -0.2) is 0 Å². The van der Waals surface area contributed by atoms with Crippen molar-refractivity contribution in [1.29, 1.82) is 0 Å². The molecule has 3 nitrogen and oxygen atoms in total. The van der Waals surface area contributed by atoms with E-state index in [2.05, 4.69) is 15.9 Å². The summed E-state index contributed by atoms with van der Waals surface area (Å²) in [5.74, 6) is 1.47. The Balaban J connectivity index is 2.25. The fourth-order valence-electron chi connectivity index (χ4n) is 1.86. The molecule has 0 aliphatic heterocycles. The molecule has 0 bridgehead atoms. The van der Waals surface area contributed by atoms with Crippen LogP contribution in [0.15, 0.2) is 40.2 Å². The fourth-order valence-corrected chi connectivity index (χ4v) is 3.43. The highest BCUT2D eigenvalue weighted by Crippen LogP contribution is 2.35. The van der Waals surface area contributed by atoms with E-state index >= 15 is 0 Å². The van der Waals surface area contributed by atoms with Crippen LogP contribution in [0.25, 0.3) is 0 Å². The van der Waals surface area contributed by atoms with E-state index in [9.17, 15) is 0 Å². The van der Waals surface area contributed by atoms with Crippen LogP contribution < -0.4 is 15.2 Å². The highest BCUT2D eigenvalue weighted by molar-refractivity contribution is 9.11. The second-order valence-corrected chi connectivity index (χ2v) is 6.91. The molecule has 0 aliphatic carbocycles. The maximum atomic E-state index is 6.10. The van der Waals surface area contributed by atoms with E-state index < -0.39 is 0 Å². The van der Waals surface area contributed by atoms with Crippen molar-refractivity contribution >= 4 is 27.3 Å². The molecular weight excluding hydrogens is 338 g/mol. The first-order chi connectivity index (χ1) is 9.61. The molecule has 2 aromatic rings. The molecule has 1 aromatic carbocycles. The van der Waals surface area contributed by atoms with Crippen molar-refractivity contribution in [2.24, 2.45) is 5.73 Å². The van der Waals surface area contributed by atoms with Gasteiger partial charge in [-0.15, -0.1) is 11.3 Å². The molecule has 108 valence electrons. The van der Waals surface area contributed by atoms with Gasteiger partial charge in [-0.1, -0.05) is 12.1 Å². The van der Waals surface area contributed by atoms with Gasteiger partial charge in [-0.05, 0) is 54.0 Å². The first-order valence-corrected chi connectivity index (χ1v) is 8.12. The standard InChI is InChI=1S/C15H18BrNO2S/c1-3-18-11-6-4-5-7-12(11)19-15(10(2)17)13-8-9-14(16)20-13/h4-10,15H,3,17H2,1-2H3. The highest BCUT2D eigenvalue weighted by atomic mass is 79.9. The summed E-state index contributed by atoms with van der Waals surface area (Å²) in [7, 11) is 0. The van der Waals surface area contributed by atoms with E-state index in [0.29, 0.717) is 6.61 Å². The maximum Gasteiger partial charge on any atom is 0.162 e. The molecule has 0 fully saturated rings. The number of thiophene rings is 1. The predicted octanol–water partition coefficient (Wildman–Crippen LogP) is 4.38. The Morgan fingerprint density at radius 1 is 1.20 bits per heavy atom. The lowest BCUT2D eigenvalue weighted by Crippen LogP contribution is -2.28. The van der Waals surface area contributed by atoms with E-state index in [1.54, 1.807) is 11.3 Å². The largest absolute Gasteiger partial charge is 0.490 e. The number of hydrogen-bond acceptors (Lipinski definition) is 4. The molecule has 0 saturated heterocycles. The Labute approximate surface area is 131 Å². The Morgan fingerprint density at radius 3 is 2.45 bits per heavy atom. The van der Waals surface area contributed by atoms with E-state index in [-0.39, 0.29) is 12.1 Å². The molecule has 2 N–H and O–H groups in total. The van der Waals surface area contributed by atoms with Gasteiger partial charge < -0.3 is 15.2 Å². The molecule has 2 unspecified atom stereocenters. The van der Waals surface area contributed by atoms with E-state index in [0.717, 1.165) is 20.2 Å². The van der Waals surface area contributed by atoms with Gasteiger partial charge in [0.05, 0.1) is 10.4 Å². The van der Waals surface area contributed by atoms with Crippen LogP contribution in [0.5, 0.6) is 11.5 Å². The van der Waals surface area contributed by atoms with Crippen molar-refractivity contribution in [2.75, 3.05) is 6.61 Å². The van der Waals surface area contributed by atoms with E-state index in [1.807, 2.05) is 50.2 Å². The Morgan fingerprint density at radius 2 is 1.90 bits per heavy atom. The van der Waals surface area contributed by atoms with E-state index in [4.69, 9.17) is 15.2 Å². The molecule has 1 aromatic heterocycles. The molecule has 0 radical (unpaired) electrons. The molecule has 0 spiro atoms. The van der Waals surface area contributed by atoms with Gasteiger partial charge in [0, 0.05) is 10.9 Å². The first kappa shape index (κ1) is 15.4. The minimum atomic E-state index is -0.187. The third-order valence-electron chi connectivity index (χ3n) is 2.75. The summed E-state index contributed by atoms with van der Waals surface area (Å²) in [6, 6.07) is 11.6. The van der Waals surface area contributed by atoms with Crippen LogP contribution in [0.2, 0.25) is 0 Å². The summed E-state index contributed by atoms with van der Waals surface area (Å²) in [4.78, 5) is 1.10. The SMILES string of the molecule is CCOc1ccccc1OC(c1ccc(Br)s1)C(C)N. The van der Waals surface area contributed by atoms with Crippen LogP contribution in [-0.4, -0.2) is 12.6 Å². The molecule has 5 heteroatoms. The first-order valence-electron chi connectivity index (χ1n) is 6.51. The third kappa shape index (κ3) is 3.75. The van der Waals surface area contributed by atoms with Gasteiger partial charge >= 0.3 is 0 Å². The van der Waals surface area contributed by atoms with Crippen molar-refractivity contribution in [3.63, 3.8) is 0 Å². The minimum Gasteiger partial charge on any atom is -0.490 e. The lowest BCUT2D eigenvalue weighted by Gasteiger charge is -2.22. The van der Waals surface area contributed by atoms with Crippen molar-refractivity contribution in [2.45, 2.75) is 26.0 Å². The topological polar surface area (TPSA) is 44.5 Å². The summed E-state index contributed by atoms with van der Waals surface area (Å²) < 4.78 is 12.8. The van der Waals surface area contributed by atoms with Crippen LogP contribution in [0.1, 0.15) is 24.8 Å². The molecule has 2 atom stereocenters. The molecule has 2 rings (SSSR count). The summed E-state index contributed by atoms with van der Waals surface area (Å²) in [6.07, 6.45) is -0.187. The number of para-hydroxylation sites is 2. The van der Waals surface area contributed by atoms with Crippen molar-refractivity contribution in [3.8, 4) is 11.5 Å². The van der Waals surface area contributed by atoms with Crippen molar-refractivity contribution < 1.29 is 9.47 Å². The second kappa shape index (κ2) is 7.11. The fraction of sp³-hybridized carbons (Fsp3) is 0.333. The zero-order chi connectivity index (χ0) is 14.5.